The molecule has 2 N–H and O–H groups in total. The molecule has 10 aromatic rings. The molecular formula is C80H108ClN17O15Si3. The molecule has 32 nitrogen and oxygen atoms in total. The number of rotatable bonds is 25. The van der Waals surface area contributed by atoms with Gasteiger partial charge in [0.15, 0.2) is 17.1 Å². The molecule has 0 amide bonds. The molecule has 4 saturated carbocycles. The van der Waals surface area contributed by atoms with E-state index in [0.29, 0.717) is 83.6 Å². The first-order valence-electron chi connectivity index (χ1n) is 40.5. The summed E-state index contributed by atoms with van der Waals surface area (Å²) in [6.07, 6.45) is 19.2. The monoisotopic (exact) mass is 1670 g/mol. The summed E-state index contributed by atoms with van der Waals surface area (Å²) >= 11 is 5.99. The van der Waals surface area contributed by atoms with Crippen LogP contribution in [0.4, 0.5) is 11.6 Å². The molecule has 622 valence electrons. The molecule has 4 aliphatic carbocycles. The zero-order valence-electron chi connectivity index (χ0n) is 68.9. The second-order valence-corrected chi connectivity index (χ2v) is 52.2. The molecule has 0 aromatic carbocycles. The summed E-state index contributed by atoms with van der Waals surface area (Å²) in [5, 5.41) is 26.2. The lowest BCUT2D eigenvalue weighted by atomic mass is 9.92. The highest BCUT2D eigenvalue weighted by Crippen LogP contribution is 2.56. The minimum Gasteiger partial charge on any atom is -0.461 e. The molecule has 18 rings (SSSR count). The summed E-state index contributed by atoms with van der Waals surface area (Å²) in [5.41, 5.74) is 8.49. The summed E-state index contributed by atoms with van der Waals surface area (Å²) in [7, 11) is -3.27. The van der Waals surface area contributed by atoms with Crippen molar-refractivity contribution in [2.45, 2.75) is 224 Å². The van der Waals surface area contributed by atoms with Crippen molar-refractivity contribution < 1.29 is 70.4 Å². The summed E-state index contributed by atoms with van der Waals surface area (Å²) in [6.45, 7) is 39.1. The van der Waals surface area contributed by atoms with Crippen LogP contribution in [0.1, 0.15) is 166 Å². The number of carbonyl (C=O) groups excluding carboxylic acids is 4. The molecule has 4 aliphatic heterocycles. The Balaban J connectivity index is 0.000000124. The van der Waals surface area contributed by atoms with Crippen molar-refractivity contribution in [1.82, 2.24) is 74.9 Å². The molecule has 116 heavy (non-hydrogen) atoms. The number of ether oxygens (including phenoxy) is 7. The van der Waals surface area contributed by atoms with Gasteiger partial charge in [-0.25, -0.2) is 49.1 Å². The average molecular weight is 1670 g/mol. The van der Waals surface area contributed by atoms with Gasteiger partial charge in [0.05, 0.1) is 72.6 Å². The standard InChI is InChI=1S/2C23H31N5O4Si.C12H18ClN3OSi.2C11H14N2O3/c1-5-31-22(29)18-17-12-28(13-23(7-8-23)19(17)26-32-18)21-16-6-9-27(20(16)24-14-25-21)15-30-10-11-33(2,3)4;1-5-31-22(29)18-17-12-28(13-23(7-8-23)19(17)32-26-18)21-16-6-9-27(20(16)24-14-25-21)15-30-10-11-33(2,3)4;1-18(2,3)7-6-17-9-16-5-4-10-11(13)14-8-15-12(10)16;1-2-15-10(14)8-7-5-12-6-11(3-4-11)9(7)13-16-8;1-2-15-10(14)8-7-5-12-6-11(3-4-11)9(7)16-13-8/h2*6,9,14H,5,7-8,10-13,15H2,1-4H3;4-5,8H,6-7,9H2,1-3H3;2*12H,2-6H2,1H3. The van der Waals surface area contributed by atoms with E-state index < -0.39 is 42.1 Å². The van der Waals surface area contributed by atoms with Crippen molar-refractivity contribution in [2.24, 2.45) is 0 Å². The number of aromatic nitrogens is 13. The van der Waals surface area contributed by atoms with Crippen LogP contribution in [0.2, 0.25) is 82.2 Å². The van der Waals surface area contributed by atoms with Crippen LogP contribution >= 0.6 is 11.6 Å². The lowest BCUT2D eigenvalue weighted by Gasteiger charge is -2.33. The first-order chi connectivity index (χ1) is 55.6. The number of hydrogen-bond acceptors (Lipinski definition) is 29. The molecule has 4 fully saturated rings. The van der Waals surface area contributed by atoms with E-state index >= 15 is 0 Å². The summed E-state index contributed by atoms with van der Waals surface area (Å²) in [5.74, 6) is 2.24. The third kappa shape index (κ3) is 18.4. The fraction of sp³-hybridized carbons (Fsp3) is 0.575. The summed E-state index contributed by atoms with van der Waals surface area (Å²) < 4.78 is 65.5. The highest BCUT2D eigenvalue weighted by Gasteiger charge is 2.57. The van der Waals surface area contributed by atoms with E-state index in [2.05, 4.69) is 130 Å². The topological polar surface area (TPSA) is 360 Å². The number of fused-ring (bicyclic) bond motifs is 11. The first-order valence-corrected chi connectivity index (χ1v) is 52.0. The van der Waals surface area contributed by atoms with E-state index in [4.69, 9.17) is 62.9 Å². The van der Waals surface area contributed by atoms with Crippen LogP contribution in [0.3, 0.4) is 0 Å². The van der Waals surface area contributed by atoms with Crippen molar-refractivity contribution in [3.63, 3.8) is 0 Å². The fourth-order valence-corrected chi connectivity index (χ4v) is 17.7. The van der Waals surface area contributed by atoms with Crippen LogP contribution in [0, 0.1) is 0 Å². The Kier molecular flexibility index (Phi) is 24.8. The molecule has 0 radical (unpaired) electrons. The van der Waals surface area contributed by atoms with Gasteiger partial charge in [-0.05, 0) is 115 Å². The van der Waals surface area contributed by atoms with Gasteiger partial charge in [0, 0.05) is 140 Å². The number of halogens is 1. The minimum atomic E-state index is -1.13. The zero-order valence-corrected chi connectivity index (χ0v) is 72.7. The number of nitrogens with one attached hydrogen (secondary N) is 2. The predicted molar refractivity (Wildman–Crippen MR) is 439 cm³/mol. The van der Waals surface area contributed by atoms with Gasteiger partial charge in [-0.15, -0.1) is 0 Å². The largest absolute Gasteiger partial charge is 0.461 e. The molecule has 0 saturated heterocycles. The Hall–Kier alpha value is -9.08. The maximum atomic E-state index is 12.5. The van der Waals surface area contributed by atoms with E-state index in [1.54, 1.807) is 40.3 Å². The third-order valence-corrected chi connectivity index (χ3v) is 27.9. The quantitative estimate of drug-likeness (QED) is 0.0176. The smallest absolute Gasteiger partial charge is 0.377 e. The van der Waals surface area contributed by atoms with Crippen molar-refractivity contribution in [3.8, 4) is 0 Å². The second kappa shape index (κ2) is 34.5. The molecule has 0 bridgehead atoms. The van der Waals surface area contributed by atoms with E-state index in [0.717, 1.165) is 199 Å². The van der Waals surface area contributed by atoms with Gasteiger partial charge in [-0.1, -0.05) is 91.2 Å². The van der Waals surface area contributed by atoms with Gasteiger partial charge in [0.25, 0.3) is 0 Å². The van der Waals surface area contributed by atoms with Crippen LogP contribution in [0.5, 0.6) is 0 Å². The number of anilines is 2. The fourth-order valence-electron chi connectivity index (χ4n) is 15.2. The zero-order chi connectivity index (χ0) is 82.0. The Morgan fingerprint density at radius 3 is 1.28 bits per heavy atom. The minimum absolute atomic E-state index is 0.0817. The number of hydrogen-bond donors (Lipinski definition) is 2. The van der Waals surface area contributed by atoms with Crippen molar-refractivity contribution in [2.75, 3.05) is 82.2 Å². The van der Waals surface area contributed by atoms with Gasteiger partial charge >= 0.3 is 23.9 Å². The number of nitrogens with zero attached hydrogens (tertiary/aromatic N) is 15. The molecule has 8 aliphatic rings. The molecule has 0 unspecified atom stereocenters. The normalized spacial score (nSPS) is 17.2. The predicted octanol–water partition coefficient (Wildman–Crippen LogP) is 13.3. The van der Waals surface area contributed by atoms with E-state index in [-0.39, 0.29) is 44.8 Å². The SMILES string of the molecule is CCOC(=O)c1noc2c1CN(c1ncnc3c1ccn3COCC[Si](C)(C)C)CC21CC1.CCOC(=O)c1noc2c1CNCC21CC1.CCOC(=O)c1onc2c1CN(c1ncnc3c1ccn3COCC[Si](C)(C)C)CC21CC1.CCOC(=O)c1onc2c1CNCC21CC1.C[Si](C)(C)CCOCn1ccc2c(Cl)ncnc21. The Bertz CT molecular complexity index is 4900. The van der Waals surface area contributed by atoms with Crippen molar-refractivity contribution in [3.05, 3.63) is 129 Å². The molecule has 10 aromatic heterocycles. The molecule has 0 atom stereocenters. The summed E-state index contributed by atoms with van der Waals surface area (Å²) in [6, 6.07) is 9.43. The molecular weight excluding hydrogens is 1560 g/mol. The van der Waals surface area contributed by atoms with Crippen LogP contribution in [0.25, 0.3) is 33.1 Å². The van der Waals surface area contributed by atoms with Gasteiger partial charge < -0.3 is 85.4 Å². The molecule has 14 heterocycles. The van der Waals surface area contributed by atoms with Crippen molar-refractivity contribution in [1.29, 1.82) is 0 Å². The van der Waals surface area contributed by atoms with Crippen LogP contribution in [0.15, 0.2) is 73.9 Å². The Morgan fingerprint density at radius 1 is 0.440 bits per heavy atom. The van der Waals surface area contributed by atoms with Gasteiger partial charge in [-0.3, -0.25) is 0 Å². The highest BCUT2D eigenvalue weighted by atomic mass is 35.5. The average Bonchev–Trinajstić information content (AvgIpc) is 1.56. The van der Waals surface area contributed by atoms with Crippen LogP contribution in [-0.2, 0) is 101 Å². The van der Waals surface area contributed by atoms with Gasteiger partial charge in [0.2, 0.25) is 11.5 Å². The second-order valence-electron chi connectivity index (χ2n) is 34.9. The maximum Gasteiger partial charge on any atom is 0.377 e. The van der Waals surface area contributed by atoms with E-state index in [9.17, 15) is 19.2 Å². The van der Waals surface area contributed by atoms with Crippen molar-refractivity contribution >= 4 is 104 Å². The molecule has 36 heteroatoms. The third-order valence-electron chi connectivity index (χ3n) is 22.5. The van der Waals surface area contributed by atoms with E-state index in [1.807, 2.05) is 50.5 Å². The lowest BCUT2D eigenvalue weighted by molar-refractivity contribution is 0.0469. The van der Waals surface area contributed by atoms with Gasteiger partial charge in [-0.2, -0.15) is 0 Å². The number of esters is 4. The summed E-state index contributed by atoms with van der Waals surface area (Å²) in [4.78, 5) is 79.1. The Labute approximate surface area is 681 Å². The number of carbonyl (C=O) groups is 4. The van der Waals surface area contributed by atoms with E-state index in [1.165, 1.54) is 12.4 Å². The lowest BCUT2D eigenvalue weighted by Crippen LogP contribution is -2.39. The van der Waals surface area contributed by atoms with Crippen LogP contribution < -0.4 is 20.4 Å². The maximum absolute atomic E-state index is 12.5. The van der Waals surface area contributed by atoms with Crippen LogP contribution in [-0.4, -0.2) is 185 Å². The first kappa shape index (κ1) is 83.4. The highest BCUT2D eigenvalue weighted by molar-refractivity contribution is 6.76. The van der Waals surface area contributed by atoms with Gasteiger partial charge in [0.1, 0.15) is 78.7 Å². The molecule has 4 spiro atoms. The Morgan fingerprint density at radius 2 is 0.819 bits per heavy atom.